The van der Waals surface area contributed by atoms with Crippen molar-refractivity contribution >= 4 is 34.3 Å². The van der Waals surface area contributed by atoms with Crippen molar-refractivity contribution in [3.63, 3.8) is 0 Å². The van der Waals surface area contributed by atoms with Crippen LogP contribution < -0.4 is 10.6 Å². The number of fused-ring (bicyclic) bond motifs is 1. The number of hydrogen-bond donors (Lipinski definition) is 4. The zero-order valence-corrected chi connectivity index (χ0v) is 24.2. The van der Waals surface area contributed by atoms with Gasteiger partial charge in [-0.15, -0.1) is 0 Å². The molecule has 8 bridgehead atoms. The molecule has 222 valence electrons. The van der Waals surface area contributed by atoms with Crippen LogP contribution in [-0.4, -0.2) is 48.8 Å². The maximum Gasteiger partial charge on any atom is 0.270 e. The lowest BCUT2D eigenvalue weighted by molar-refractivity contribution is -0.174. The number of rotatable bonds is 5. The van der Waals surface area contributed by atoms with Crippen molar-refractivity contribution in [2.75, 3.05) is 5.32 Å². The van der Waals surface area contributed by atoms with Gasteiger partial charge in [-0.05, 0) is 119 Å². The maximum absolute atomic E-state index is 13.5. The topological polar surface area (TPSA) is 137 Å². The number of aromatic nitrogens is 3. The number of Topliss-reactive ketones (excluding diaryl/α,β-unsaturated/α-hetero) is 1. The molecular formula is C34H37N5O4. The van der Waals surface area contributed by atoms with Gasteiger partial charge in [-0.2, -0.15) is 0 Å². The number of H-pyrrole nitrogens is 1. The van der Waals surface area contributed by atoms with Gasteiger partial charge < -0.3 is 20.7 Å². The highest BCUT2D eigenvalue weighted by atomic mass is 16.3. The number of pyridine rings is 1. The van der Waals surface area contributed by atoms with E-state index in [1.807, 2.05) is 24.3 Å². The number of carbonyl (C=O) groups excluding carboxylic acids is 3. The van der Waals surface area contributed by atoms with E-state index in [0.717, 1.165) is 81.0 Å². The van der Waals surface area contributed by atoms with Crippen LogP contribution in [0.1, 0.15) is 81.1 Å². The fourth-order valence-corrected chi connectivity index (χ4v) is 10.8. The van der Waals surface area contributed by atoms with Gasteiger partial charge in [0.25, 0.3) is 5.91 Å². The first-order chi connectivity index (χ1) is 20.7. The summed E-state index contributed by atoms with van der Waals surface area (Å²) in [6, 6.07) is 9.36. The van der Waals surface area contributed by atoms with Crippen molar-refractivity contribution in [2.45, 2.75) is 81.8 Å². The average Bonchev–Trinajstić information content (AvgIpc) is 3.38. The Morgan fingerprint density at radius 2 is 1.63 bits per heavy atom. The van der Waals surface area contributed by atoms with Crippen LogP contribution in [0.5, 0.6) is 0 Å². The van der Waals surface area contributed by atoms with Crippen molar-refractivity contribution in [3.05, 3.63) is 42.2 Å². The first kappa shape index (κ1) is 25.9. The van der Waals surface area contributed by atoms with Gasteiger partial charge in [0.2, 0.25) is 5.91 Å². The van der Waals surface area contributed by atoms with Crippen molar-refractivity contribution < 1.29 is 19.5 Å². The number of anilines is 1. The molecule has 0 radical (unpaired) electrons. The van der Waals surface area contributed by atoms with Crippen LogP contribution in [0.15, 0.2) is 36.5 Å². The standard InChI is InChI=1S/C34H37N5O4/c40-28-22-6-18-7-23(28)15-33(11-18,14-22)39-30(41)26-8-25-27(16-35-26)38-29(37-25)21-1-3-24(4-2-21)36-31(42)32-9-19-5-20(10-32)13-34(43,12-19)17-32/h1-4,8,16,18-20,22-23,43H,5-7,9-15,17H2,(H,36,42)(H,37,38)(H,39,41). The van der Waals surface area contributed by atoms with Gasteiger partial charge in [0.15, 0.2) is 0 Å². The van der Waals surface area contributed by atoms with Gasteiger partial charge in [0.05, 0.1) is 28.2 Å². The lowest BCUT2D eigenvalue weighted by Gasteiger charge is -2.59. The summed E-state index contributed by atoms with van der Waals surface area (Å²) in [7, 11) is 0. The van der Waals surface area contributed by atoms with Crippen molar-refractivity contribution in [1.29, 1.82) is 0 Å². The Balaban J connectivity index is 0.899. The van der Waals surface area contributed by atoms with Gasteiger partial charge >= 0.3 is 0 Å². The fourth-order valence-electron chi connectivity index (χ4n) is 10.8. The molecule has 4 atom stereocenters. The molecule has 9 heteroatoms. The Morgan fingerprint density at radius 1 is 0.907 bits per heavy atom. The number of imidazole rings is 1. The molecule has 0 saturated heterocycles. The molecule has 0 aliphatic heterocycles. The van der Waals surface area contributed by atoms with Gasteiger partial charge in [-0.3, -0.25) is 14.4 Å². The maximum atomic E-state index is 13.5. The number of nitrogens with one attached hydrogen (secondary N) is 3. The summed E-state index contributed by atoms with van der Waals surface area (Å²) < 4.78 is 0. The van der Waals surface area contributed by atoms with Gasteiger partial charge in [-0.1, -0.05) is 0 Å². The third-order valence-corrected chi connectivity index (χ3v) is 11.9. The summed E-state index contributed by atoms with van der Waals surface area (Å²) in [6.07, 6.45) is 11.2. The molecule has 2 amide bonds. The molecule has 0 spiro atoms. The van der Waals surface area contributed by atoms with Crippen LogP contribution in [0, 0.1) is 35.0 Å². The van der Waals surface area contributed by atoms with Crippen LogP contribution >= 0.6 is 0 Å². The Labute approximate surface area is 249 Å². The Hall–Kier alpha value is -3.59. The highest BCUT2D eigenvalue weighted by molar-refractivity contribution is 5.97. The summed E-state index contributed by atoms with van der Waals surface area (Å²) >= 11 is 0. The normalized spacial score (nSPS) is 38.5. The minimum Gasteiger partial charge on any atom is -0.390 e. The van der Waals surface area contributed by atoms with E-state index in [1.165, 1.54) is 0 Å². The van der Waals surface area contributed by atoms with Gasteiger partial charge in [0.1, 0.15) is 17.3 Å². The number of carbonyl (C=O) groups is 3. The lowest BCUT2D eigenvalue weighted by Crippen LogP contribution is -2.62. The molecule has 2 heterocycles. The highest BCUT2D eigenvalue weighted by Gasteiger charge is 2.60. The predicted molar refractivity (Wildman–Crippen MR) is 159 cm³/mol. The largest absolute Gasteiger partial charge is 0.390 e. The van der Waals surface area contributed by atoms with Crippen LogP contribution in [0.4, 0.5) is 5.69 Å². The quantitative estimate of drug-likeness (QED) is 0.344. The Morgan fingerprint density at radius 3 is 2.33 bits per heavy atom. The van der Waals surface area contributed by atoms with E-state index >= 15 is 0 Å². The molecule has 11 rings (SSSR count). The van der Waals surface area contributed by atoms with E-state index in [4.69, 9.17) is 4.98 Å². The third kappa shape index (κ3) is 4.10. The molecule has 4 unspecified atom stereocenters. The molecule has 43 heavy (non-hydrogen) atoms. The van der Waals surface area contributed by atoms with E-state index in [1.54, 1.807) is 12.3 Å². The number of benzene rings is 1. The van der Waals surface area contributed by atoms with Gasteiger partial charge in [0, 0.05) is 28.6 Å². The van der Waals surface area contributed by atoms with Gasteiger partial charge in [-0.25, -0.2) is 9.97 Å². The molecule has 8 saturated carbocycles. The highest BCUT2D eigenvalue weighted by Crippen LogP contribution is 2.62. The number of ketones is 1. The number of aromatic amines is 1. The van der Waals surface area contributed by atoms with E-state index in [9.17, 15) is 19.5 Å². The Bertz CT molecular complexity index is 1660. The zero-order valence-electron chi connectivity index (χ0n) is 24.2. The molecule has 8 aliphatic rings. The minimum atomic E-state index is -0.669. The zero-order chi connectivity index (χ0) is 29.1. The van der Waals surface area contributed by atoms with Crippen molar-refractivity contribution in [2.24, 2.45) is 35.0 Å². The Kier molecular flexibility index (Phi) is 5.26. The smallest absolute Gasteiger partial charge is 0.270 e. The molecule has 3 aromatic rings. The fraction of sp³-hybridized carbons (Fsp3) is 0.559. The first-order valence-electron chi connectivity index (χ1n) is 16.0. The lowest BCUT2D eigenvalue weighted by atomic mass is 9.47. The summed E-state index contributed by atoms with van der Waals surface area (Å²) in [5.41, 5.74) is 1.91. The summed E-state index contributed by atoms with van der Waals surface area (Å²) in [6.45, 7) is 0. The first-order valence-corrected chi connectivity index (χ1v) is 16.0. The molecule has 8 fully saturated rings. The second-order valence-electron chi connectivity index (χ2n) is 15.1. The van der Waals surface area contributed by atoms with E-state index in [0.29, 0.717) is 47.0 Å². The molecule has 4 N–H and O–H groups in total. The average molecular weight is 580 g/mol. The summed E-state index contributed by atoms with van der Waals surface area (Å²) in [4.78, 5) is 51.9. The second kappa shape index (κ2) is 8.74. The summed E-state index contributed by atoms with van der Waals surface area (Å²) in [5, 5.41) is 17.5. The molecule has 8 aliphatic carbocycles. The third-order valence-electron chi connectivity index (χ3n) is 11.9. The van der Waals surface area contributed by atoms with E-state index in [-0.39, 0.29) is 29.2 Å². The number of nitrogens with zero attached hydrogens (tertiary/aromatic N) is 2. The van der Waals surface area contributed by atoms with Crippen LogP contribution in [0.3, 0.4) is 0 Å². The molecule has 1 aromatic carbocycles. The van der Waals surface area contributed by atoms with Crippen molar-refractivity contribution in [3.8, 4) is 11.4 Å². The number of aliphatic hydroxyl groups is 1. The molecular weight excluding hydrogens is 542 g/mol. The van der Waals surface area contributed by atoms with E-state index < -0.39 is 11.0 Å². The minimum absolute atomic E-state index is 0.0357. The van der Waals surface area contributed by atoms with Crippen molar-refractivity contribution in [1.82, 2.24) is 20.3 Å². The number of amides is 2. The van der Waals surface area contributed by atoms with Crippen LogP contribution in [-0.2, 0) is 9.59 Å². The number of hydrogen-bond acceptors (Lipinski definition) is 6. The second-order valence-corrected chi connectivity index (χ2v) is 15.1. The SMILES string of the molecule is O=C(NC12CC3CC(C1)C(=O)C(C3)C2)c1cc2nc(-c3ccc(NC(=O)C45CC6CC(CC(O)(C6)C4)C5)cc3)[nH]c2cn1. The molecule has 9 nitrogen and oxygen atoms in total. The summed E-state index contributed by atoms with van der Waals surface area (Å²) in [5.74, 6) is 2.54. The van der Waals surface area contributed by atoms with Crippen LogP contribution in [0.25, 0.3) is 22.4 Å². The predicted octanol–water partition coefficient (Wildman–Crippen LogP) is 4.77. The van der Waals surface area contributed by atoms with E-state index in [2.05, 4.69) is 20.6 Å². The molecule has 2 aromatic heterocycles. The van der Waals surface area contributed by atoms with Crippen LogP contribution in [0.2, 0.25) is 0 Å². The monoisotopic (exact) mass is 579 g/mol.